The second-order valence-electron chi connectivity index (χ2n) is 4.35. The Kier molecular flexibility index (Phi) is 9.54. The molecule has 0 unspecified atom stereocenters. The molecule has 0 saturated carbocycles. The van der Waals surface area contributed by atoms with Crippen LogP contribution in [-0.2, 0) is 17.1 Å². The van der Waals surface area contributed by atoms with Gasteiger partial charge in [-0.3, -0.25) is 0 Å². The van der Waals surface area contributed by atoms with Gasteiger partial charge in [-0.15, -0.1) is 9.79 Å². The molecule has 2 rings (SSSR count). The van der Waals surface area contributed by atoms with Crippen molar-refractivity contribution >= 4 is 23.5 Å². The molecule has 0 N–H and O–H groups in total. The Bertz CT molecular complexity index is 352. The largest absolute Gasteiger partial charge is 0.213 e. The minimum atomic E-state index is 0. The molecule has 0 bridgehead atoms. The van der Waals surface area contributed by atoms with Crippen molar-refractivity contribution in [1.29, 1.82) is 0 Å². The summed E-state index contributed by atoms with van der Waals surface area (Å²) in [5.41, 5.74) is 0. The predicted molar refractivity (Wildman–Crippen MR) is 84.0 cm³/mol. The Labute approximate surface area is 135 Å². The first-order valence-corrected chi connectivity index (χ1v) is 8.61. The monoisotopic (exact) mass is 332 g/mol. The van der Waals surface area contributed by atoms with Crippen molar-refractivity contribution in [3.05, 3.63) is 48.5 Å². The smallest absolute Gasteiger partial charge is 0 e. The van der Waals surface area contributed by atoms with Crippen molar-refractivity contribution in [3.63, 3.8) is 0 Å². The van der Waals surface area contributed by atoms with Crippen molar-refractivity contribution in [2.45, 2.75) is 35.5 Å². The van der Waals surface area contributed by atoms with E-state index in [1.165, 1.54) is 47.0 Å². The maximum Gasteiger partial charge on any atom is 0 e. The molecule has 0 saturated heterocycles. The predicted octanol–water partition coefficient (Wildman–Crippen LogP) is 5.57. The summed E-state index contributed by atoms with van der Waals surface area (Å²) in [7, 11) is 0. The standard InChI is InChI=1S/C16H20S2.Fe/c1(7-13-17-15-9-3-4-10-15)2-8-14-18-16-11-5-6-12-16;/h3-6,9-12H,1-2,7-8,13-14H2;/q-2;. The van der Waals surface area contributed by atoms with E-state index >= 15 is 0 Å². The van der Waals surface area contributed by atoms with Crippen LogP contribution in [0.25, 0.3) is 0 Å². The van der Waals surface area contributed by atoms with Gasteiger partial charge < -0.3 is 0 Å². The molecule has 0 amide bonds. The molecule has 2 aromatic carbocycles. The molecule has 0 radical (unpaired) electrons. The molecule has 0 fully saturated rings. The van der Waals surface area contributed by atoms with E-state index in [1.54, 1.807) is 0 Å². The van der Waals surface area contributed by atoms with Crippen LogP contribution in [0.5, 0.6) is 0 Å². The topological polar surface area (TPSA) is 0 Å². The third kappa shape index (κ3) is 7.31. The molecule has 0 atom stereocenters. The third-order valence-corrected chi connectivity index (χ3v) is 5.04. The van der Waals surface area contributed by atoms with Gasteiger partial charge in [0, 0.05) is 17.1 Å². The molecule has 0 aromatic heterocycles. The Morgan fingerprint density at radius 1 is 0.579 bits per heavy atom. The summed E-state index contributed by atoms with van der Waals surface area (Å²) >= 11 is 3.97. The van der Waals surface area contributed by atoms with Gasteiger partial charge in [0.15, 0.2) is 0 Å². The third-order valence-electron chi connectivity index (χ3n) is 2.84. The van der Waals surface area contributed by atoms with Crippen LogP contribution in [0.2, 0.25) is 0 Å². The number of thioether (sulfide) groups is 2. The fourth-order valence-electron chi connectivity index (χ4n) is 1.84. The Morgan fingerprint density at radius 3 is 1.32 bits per heavy atom. The van der Waals surface area contributed by atoms with Gasteiger partial charge in [-0.25, -0.2) is 24.3 Å². The van der Waals surface area contributed by atoms with Crippen molar-refractivity contribution in [1.82, 2.24) is 0 Å². The van der Waals surface area contributed by atoms with Crippen LogP contribution in [-0.4, -0.2) is 11.5 Å². The van der Waals surface area contributed by atoms with Crippen LogP contribution in [0.3, 0.4) is 0 Å². The van der Waals surface area contributed by atoms with E-state index in [2.05, 4.69) is 48.5 Å². The summed E-state index contributed by atoms with van der Waals surface area (Å²) < 4.78 is 0. The van der Waals surface area contributed by atoms with E-state index in [-0.39, 0.29) is 17.1 Å². The SMILES string of the molecule is [Fe].c1cc[c-](SCCCCCCS[c-]2cccc2)c1. The summed E-state index contributed by atoms with van der Waals surface area (Å²) in [5.74, 6) is 2.53. The Balaban J connectivity index is 0.00000180. The summed E-state index contributed by atoms with van der Waals surface area (Å²) in [6.45, 7) is 0. The second-order valence-corrected chi connectivity index (χ2v) is 6.69. The molecule has 0 aliphatic rings. The summed E-state index contributed by atoms with van der Waals surface area (Å²) in [4.78, 5) is 2.84. The molecule has 0 spiro atoms. The second kappa shape index (κ2) is 10.7. The summed E-state index contributed by atoms with van der Waals surface area (Å²) in [5, 5.41) is 0. The van der Waals surface area contributed by atoms with Gasteiger partial charge in [-0.2, -0.15) is 47.8 Å². The minimum absolute atomic E-state index is 0. The van der Waals surface area contributed by atoms with E-state index in [9.17, 15) is 0 Å². The van der Waals surface area contributed by atoms with E-state index in [0.717, 1.165) is 0 Å². The van der Waals surface area contributed by atoms with Crippen LogP contribution < -0.4 is 0 Å². The maximum atomic E-state index is 2.20. The first kappa shape index (κ1) is 17.0. The average molecular weight is 332 g/mol. The normalized spacial score (nSPS) is 10.3. The number of hydrogen-bond donors (Lipinski definition) is 0. The zero-order valence-corrected chi connectivity index (χ0v) is 13.8. The maximum absolute atomic E-state index is 2.20. The van der Waals surface area contributed by atoms with Crippen LogP contribution in [0, 0.1) is 0 Å². The van der Waals surface area contributed by atoms with Crippen LogP contribution >= 0.6 is 23.5 Å². The van der Waals surface area contributed by atoms with E-state index in [0.29, 0.717) is 0 Å². The molecule has 3 heteroatoms. The summed E-state index contributed by atoms with van der Waals surface area (Å²) in [6.07, 6.45) is 5.43. The zero-order valence-electron chi connectivity index (χ0n) is 11.0. The number of rotatable bonds is 9. The fourth-order valence-corrected chi connectivity index (χ4v) is 3.71. The van der Waals surface area contributed by atoms with Crippen LogP contribution in [0.1, 0.15) is 25.7 Å². The number of hydrogen-bond acceptors (Lipinski definition) is 2. The molecule has 0 aliphatic heterocycles. The van der Waals surface area contributed by atoms with Crippen LogP contribution in [0.15, 0.2) is 58.3 Å². The molecule has 0 nitrogen and oxygen atoms in total. The van der Waals surface area contributed by atoms with Gasteiger partial charge in [0.25, 0.3) is 0 Å². The molecule has 19 heavy (non-hydrogen) atoms. The molecular weight excluding hydrogens is 312 g/mol. The first-order chi connectivity index (χ1) is 8.95. The van der Waals surface area contributed by atoms with Crippen LogP contribution in [0.4, 0.5) is 0 Å². The molecule has 106 valence electrons. The average Bonchev–Trinajstić information content (AvgIpc) is 3.05. The molecule has 0 heterocycles. The van der Waals surface area contributed by atoms with Gasteiger partial charge in [-0.1, -0.05) is 12.8 Å². The molecule has 2 aromatic rings. The van der Waals surface area contributed by atoms with E-state index in [4.69, 9.17) is 0 Å². The summed E-state index contributed by atoms with van der Waals surface area (Å²) in [6, 6.07) is 17.2. The Morgan fingerprint density at radius 2 is 0.947 bits per heavy atom. The van der Waals surface area contributed by atoms with E-state index < -0.39 is 0 Å². The fraction of sp³-hybridized carbons (Fsp3) is 0.375. The van der Waals surface area contributed by atoms with E-state index in [1.807, 2.05) is 23.5 Å². The van der Waals surface area contributed by atoms with Gasteiger partial charge in [0.1, 0.15) is 0 Å². The van der Waals surface area contributed by atoms with Gasteiger partial charge in [0.2, 0.25) is 0 Å². The molecular formula is C16H20FeS2-2. The number of unbranched alkanes of at least 4 members (excludes halogenated alkanes) is 3. The molecule has 0 aliphatic carbocycles. The Hall–Kier alpha value is -0.0805. The zero-order chi connectivity index (χ0) is 12.5. The van der Waals surface area contributed by atoms with Crippen molar-refractivity contribution in [2.75, 3.05) is 11.5 Å². The minimum Gasteiger partial charge on any atom is -0.213 e. The van der Waals surface area contributed by atoms with Gasteiger partial charge in [-0.05, 0) is 24.3 Å². The van der Waals surface area contributed by atoms with Gasteiger partial charge >= 0.3 is 0 Å². The van der Waals surface area contributed by atoms with Crippen molar-refractivity contribution in [2.24, 2.45) is 0 Å². The van der Waals surface area contributed by atoms with Crippen molar-refractivity contribution in [3.8, 4) is 0 Å². The first-order valence-electron chi connectivity index (χ1n) is 6.64. The van der Waals surface area contributed by atoms with Crippen molar-refractivity contribution < 1.29 is 17.1 Å². The quantitative estimate of drug-likeness (QED) is 0.255. The van der Waals surface area contributed by atoms with Gasteiger partial charge in [0.05, 0.1) is 0 Å².